The van der Waals surface area contributed by atoms with Crippen LogP contribution in [0.5, 0.6) is 0 Å². The number of benzene rings is 2. The smallest absolute Gasteiger partial charge is 0.219 e. The maximum Gasteiger partial charge on any atom is 0.483 e. The predicted molar refractivity (Wildman–Crippen MR) is 98.9 cm³/mol. The van der Waals surface area contributed by atoms with Crippen LogP contribution < -0.4 is 0 Å². The van der Waals surface area contributed by atoms with Crippen LogP contribution in [-0.2, 0) is 6.42 Å². The number of halogens is 3. The molecule has 1 nitrogen and oxygen atoms in total. The number of hydrogen-bond donors (Lipinski definition) is 0. The molecular weight excluding hydrogens is 337 g/mol. The lowest BCUT2D eigenvalue weighted by Gasteiger charge is -2.26. The van der Waals surface area contributed by atoms with Gasteiger partial charge in [0.2, 0.25) is 0 Å². The highest BCUT2D eigenvalue weighted by molar-refractivity contribution is 5.64. The molecule has 0 amide bonds. The van der Waals surface area contributed by atoms with Crippen LogP contribution in [0.2, 0.25) is 0 Å². The second kappa shape index (κ2) is 10.1. The summed E-state index contributed by atoms with van der Waals surface area (Å²) in [5, 5.41) is 0. The van der Waals surface area contributed by atoms with Gasteiger partial charge in [-0.1, -0.05) is 75.1 Å². The summed E-state index contributed by atoms with van der Waals surface area (Å²) < 4.78 is 33.7. The molecule has 2 aromatic rings. The van der Waals surface area contributed by atoms with Crippen LogP contribution in [0.3, 0.4) is 0 Å². The SMILES string of the molecule is CC1CCC(CCc2ccc(-c3ccccc3)c(F)c2)CC1.O=C(F)F. The Morgan fingerprint density at radius 1 is 1.00 bits per heavy atom. The Balaban J connectivity index is 0.000000552. The van der Waals surface area contributed by atoms with E-state index in [4.69, 9.17) is 4.79 Å². The van der Waals surface area contributed by atoms with Gasteiger partial charge in [0.1, 0.15) is 5.82 Å². The van der Waals surface area contributed by atoms with Crippen LogP contribution in [0.25, 0.3) is 11.1 Å². The monoisotopic (exact) mass is 362 g/mol. The van der Waals surface area contributed by atoms with Gasteiger partial charge < -0.3 is 0 Å². The van der Waals surface area contributed by atoms with Gasteiger partial charge >= 0.3 is 6.29 Å². The first-order valence-electron chi connectivity index (χ1n) is 9.14. The fourth-order valence-corrected chi connectivity index (χ4v) is 3.55. The van der Waals surface area contributed by atoms with E-state index in [0.717, 1.165) is 29.4 Å². The van der Waals surface area contributed by atoms with Crippen LogP contribution in [0.1, 0.15) is 44.6 Å². The molecule has 0 saturated heterocycles. The summed E-state index contributed by atoms with van der Waals surface area (Å²) in [6, 6.07) is 15.5. The molecule has 0 radical (unpaired) electrons. The van der Waals surface area contributed by atoms with Gasteiger partial charge in [0.05, 0.1) is 0 Å². The molecule has 1 fully saturated rings. The summed E-state index contributed by atoms with van der Waals surface area (Å²) in [5.74, 6) is 1.65. The second-order valence-electron chi connectivity index (χ2n) is 7.07. The molecular formula is C22H25F3O. The van der Waals surface area contributed by atoms with Gasteiger partial charge in [0.25, 0.3) is 0 Å². The molecule has 2 aromatic carbocycles. The normalized spacial score (nSPS) is 19.4. The molecule has 0 aliphatic heterocycles. The van der Waals surface area contributed by atoms with Gasteiger partial charge in [-0.25, -0.2) is 9.18 Å². The molecule has 4 heteroatoms. The maximum absolute atomic E-state index is 14.4. The van der Waals surface area contributed by atoms with E-state index in [0.29, 0.717) is 5.56 Å². The zero-order valence-electron chi connectivity index (χ0n) is 15.1. The van der Waals surface area contributed by atoms with E-state index in [9.17, 15) is 13.2 Å². The number of carbonyl (C=O) groups is 1. The number of carbonyl (C=O) groups excluding carboxylic acids is 1. The third-order valence-electron chi connectivity index (χ3n) is 5.09. The molecule has 0 aromatic heterocycles. The van der Waals surface area contributed by atoms with E-state index in [2.05, 4.69) is 13.0 Å². The summed E-state index contributed by atoms with van der Waals surface area (Å²) in [6.07, 6.45) is 4.82. The standard InChI is InChI=1S/C21H25F.CF2O/c1-16-7-9-17(10-8-16)11-12-18-13-14-20(21(22)15-18)19-5-3-2-4-6-19;2-1(3)4/h2-6,13-17H,7-12H2,1H3;. The average molecular weight is 362 g/mol. The van der Waals surface area contributed by atoms with E-state index in [1.807, 2.05) is 36.4 Å². The minimum Gasteiger partial charge on any atom is -0.219 e. The summed E-state index contributed by atoms with van der Waals surface area (Å²) in [4.78, 5) is 8.11. The topological polar surface area (TPSA) is 17.1 Å². The number of rotatable bonds is 4. The lowest BCUT2D eigenvalue weighted by Crippen LogP contribution is -2.12. The second-order valence-corrected chi connectivity index (χ2v) is 7.07. The van der Waals surface area contributed by atoms with Gasteiger partial charge in [0.15, 0.2) is 0 Å². The van der Waals surface area contributed by atoms with Crippen molar-refractivity contribution < 1.29 is 18.0 Å². The average Bonchev–Trinajstić information content (AvgIpc) is 2.62. The Kier molecular flexibility index (Phi) is 7.89. The largest absolute Gasteiger partial charge is 0.483 e. The third kappa shape index (κ3) is 6.66. The zero-order valence-corrected chi connectivity index (χ0v) is 15.1. The molecule has 1 saturated carbocycles. The molecule has 1 aliphatic carbocycles. The van der Waals surface area contributed by atoms with Crippen LogP contribution in [0.4, 0.5) is 18.0 Å². The van der Waals surface area contributed by atoms with Crippen molar-refractivity contribution in [2.45, 2.75) is 45.4 Å². The Morgan fingerprint density at radius 3 is 2.19 bits per heavy atom. The van der Waals surface area contributed by atoms with Gasteiger partial charge in [-0.15, -0.1) is 8.78 Å². The molecule has 0 heterocycles. The highest BCUT2D eigenvalue weighted by Crippen LogP contribution is 2.31. The van der Waals surface area contributed by atoms with Gasteiger partial charge in [-0.2, -0.15) is 0 Å². The van der Waals surface area contributed by atoms with Crippen molar-refractivity contribution in [1.29, 1.82) is 0 Å². The molecule has 26 heavy (non-hydrogen) atoms. The van der Waals surface area contributed by atoms with Crippen molar-refractivity contribution >= 4 is 6.29 Å². The first kappa shape index (κ1) is 20.2. The highest BCUT2D eigenvalue weighted by Gasteiger charge is 2.18. The number of hydrogen-bond acceptors (Lipinski definition) is 1. The van der Waals surface area contributed by atoms with Gasteiger partial charge in [-0.05, 0) is 41.9 Å². The molecule has 0 N–H and O–H groups in total. The van der Waals surface area contributed by atoms with Crippen molar-refractivity contribution in [3.8, 4) is 11.1 Å². The highest BCUT2D eigenvalue weighted by atomic mass is 19.3. The maximum atomic E-state index is 14.4. The fourth-order valence-electron chi connectivity index (χ4n) is 3.55. The fraction of sp³-hybridized carbons (Fsp3) is 0.409. The Hall–Kier alpha value is -2.10. The quantitative estimate of drug-likeness (QED) is 0.522. The minimum absolute atomic E-state index is 0.0963. The van der Waals surface area contributed by atoms with Gasteiger partial charge in [0, 0.05) is 5.56 Å². The first-order valence-corrected chi connectivity index (χ1v) is 9.14. The molecule has 0 bridgehead atoms. The summed E-state index contributed by atoms with van der Waals surface area (Å²) in [5.41, 5.74) is 2.79. The van der Waals surface area contributed by atoms with E-state index < -0.39 is 6.29 Å². The lowest BCUT2D eigenvalue weighted by atomic mass is 9.80. The molecule has 0 spiro atoms. The van der Waals surface area contributed by atoms with Crippen molar-refractivity contribution in [2.24, 2.45) is 11.8 Å². The van der Waals surface area contributed by atoms with Crippen molar-refractivity contribution in [1.82, 2.24) is 0 Å². The number of aryl methyl sites for hydroxylation is 1. The van der Waals surface area contributed by atoms with Crippen LogP contribution in [0.15, 0.2) is 48.5 Å². The Labute approximate surface area is 153 Å². The molecule has 0 atom stereocenters. The third-order valence-corrected chi connectivity index (χ3v) is 5.09. The summed E-state index contributed by atoms with van der Waals surface area (Å²) in [7, 11) is 0. The molecule has 1 aliphatic rings. The Morgan fingerprint density at radius 2 is 1.62 bits per heavy atom. The molecule has 140 valence electrons. The van der Waals surface area contributed by atoms with Crippen molar-refractivity contribution in [2.75, 3.05) is 0 Å². The van der Waals surface area contributed by atoms with E-state index in [1.165, 1.54) is 32.1 Å². The summed E-state index contributed by atoms with van der Waals surface area (Å²) in [6.45, 7) is 2.36. The van der Waals surface area contributed by atoms with Crippen LogP contribution in [0, 0.1) is 17.7 Å². The van der Waals surface area contributed by atoms with Crippen molar-refractivity contribution in [3.63, 3.8) is 0 Å². The zero-order chi connectivity index (χ0) is 18.9. The Bertz CT molecular complexity index is 688. The molecule has 3 rings (SSSR count). The van der Waals surface area contributed by atoms with E-state index in [-0.39, 0.29) is 5.82 Å². The first-order chi connectivity index (χ1) is 12.5. The lowest BCUT2D eigenvalue weighted by molar-refractivity contribution is 0.199. The van der Waals surface area contributed by atoms with Crippen LogP contribution in [-0.4, -0.2) is 6.29 Å². The van der Waals surface area contributed by atoms with E-state index in [1.54, 1.807) is 6.07 Å². The predicted octanol–water partition coefficient (Wildman–Crippen LogP) is 7.30. The van der Waals surface area contributed by atoms with E-state index >= 15 is 0 Å². The minimum atomic E-state index is -2.83. The van der Waals surface area contributed by atoms with Crippen LogP contribution >= 0.6 is 0 Å². The summed E-state index contributed by atoms with van der Waals surface area (Å²) >= 11 is 0. The molecule has 0 unspecified atom stereocenters. The van der Waals surface area contributed by atoms with Crippen molar-refractivity contribution in [3.05, 3.63) is 59.9 Å². The van der Waals surface area contributed by atoms with Gasteiger partial charge in [-0.3, -0.25) is 0 Å².